The lowest BCUT2D eigenvalue weighted by Crippen LogP contribution is -1.88. The molecule has 18 heavy (non-hydrogen) atoms. The first-order valence-corrected chi connectivity index (χ1v) is 6.95. The Kier molecular flexibility index (Phi) is 4.76. The predicted molar refractivity (Wildman–Crippen MR) is 77.1 cm³/mol. The van der Waals surface area contributed by atoms with E-state index in [9.17, 15) is 0 Å². The van der Waals surface area contributed by atoms with Crippen LogP contribution in [0.25, 0.3) is 0 Å². The number of halogens is 1. The quantitative estimate of drug-likeness (QED) is 0.777. The van der Waals surface area contributed by atoms with Crippen LogP contribution in [-0.2, 0) is 6.42 Å². The van der Waals surface area contributed by atoms with Gasteiger partial charge in [0.25, 0.3) is 0 Å². The van der Waals surface area contributed by atoms with Gasteiger partial charge in [-0.1, -0.05) is 25.5 Å². The monoisotopic (exact) mass is 305 g/mol. The Morgan fingerprint density at radius 1 is 1.11 bits per heavy atom. The van der Waals surface area contributed by atoms with Gasteiger partial charge in [-0.25, -0.2) is 4.98 Å². The average molecular weight is 306 g/mol. The molecule has 0 atom stereocenters. The standard InChI is InChI=1S/C15H16BrNO/c1-2-3-4-12-5-8-14(9-6-12)18-15-10-7-13(16)11-17-15/h5-11H,2-4H2,1H3. The maximum absolute atomic E-state index is 5.66. The van der Waals surface area contributed by atoms with Gasteiger partial charge in [-0.05, 0) is 52.5 Å². The molecule has 2 aromatic rings. The smallest absolute Gasteiger partial charge is 0.219 e. The van der Waals surface area contributed by atoms with Crippen molar-refractivity contribution >= 4 is 15.9 Å². The lowest BCUT2D eigenvalue weighted by atomic mass is 10.1. The molecule has 94 valence electrons. The topological polar surface area (TPSA) is 22.1 Å². The number of aromatic nitrogens is 1. The van der Waals surface area contributed by atoms with Gasteiger partial charge in [0.05, 0.1) is 0 Å². The first-order chi connectivity index (χ1) is 8.78. The summed E-state index contributed by atoms with van der Waals surface area (Å²) in [7, 11) is 0. The molecule has 0 fully saturated rings. The number of hydrogen-bond acceptors (Lipinski definition) is 2. The van der Waals surface area contributed by atoms with Crippen LogP contribution in [0.1, 0.15) is 25.3 Å². The van der Waals surface area contributed by atoms with Crippen LogP contribution in [-0.4, -0.2) is 4.98 Å². The molecule has 0 aliphatic rings. The molecule has 0 radical (unpaired) electrons. The molecule has 0 saturated heterocycles. The van der Waals surface area contributed by atoms with E-state index in [1.54, 1.807) is 6.20 Å². The Balaban J connectivity index is 1.99. The number of unbranched alkanes of at least 4 members (excludes halogenated alkanes) is 1. The van der Waals surface area contributed by atoms with Gasteiger partial charge in [0.15, 0.2) is 0 Å². The van der Waals surface area contributed by atoms with Gasteiger partial charge in [-0.2, -0.15) is 0 Å². The third-order valence-corrected chi connectivity index (χ3v) is 3.13. The number of hydrogen-bond donors (Lipinski definition) is 0. The second-order valence-corrected chi connectivity index (χ2v) is 5.08. The summed E-state index contributed by atoms with van der Waals surface area (Å²) in [6.45, 7) is 2.21. The molecule has 0 aliphatic heterocycles. The minimum atomic E-state index is 0.611. The van der Waals surface area contributed by atoms with Crippen LogP contribution < -0.4 is 4.74 Å². The number of benzene rings is 1. The highest BCUT2D eigenvalue weighted by Gasteiger charge is 1.99. The van der Waals surface area contributed by atoms with Crippen molar-refractivity contribution in [3.05, 3.63) is 52.6 Å². The van der Waals surface area contributed by atoms with E-state index in [-0.39, 0.29) is 0 Å². The zero-order chi connectivity index (χ0) is 12.8. The van der Waals surface area contributed by atoms with Crippen LogP contribution >= 0.6 is 15.9 Å². The Morgan fingerprint density at radius 3 is 2.50 bits per heavy atom. The molecule has 2 rings (SSSR count). The van der Waals surface area contributed by atoms with E-state index in [1.807, 2.05) is 24.3 Å². The van der Waals surface area contributed by atoms with Crippen LogP contribution in [0.15, 0.2) is 47.1 Å². The Hall–Kier alpha value is -1.35. The fourth-order valence-electron chi connectivity index (χ4n) is 1.65. The van der Waals surface area contributed by atoms with Crippen LogP contribution in [0.4, 0.5) is 0 Å². The van der Waals surface area contributed by atoms with Gasteiger partial charge < -0.3 is 4.74 Å². The van der Waals surface area contributed by atoms with E-state index in [2.05, 4.69) is 40.0 Å². The third-order valence-electron chi connectivity index (χ3n) is 2.67. The zero-order valence-electron chi connectivity index (χ0n) is 10.4. The summed E-state index contributed by atoms with van der Waals surface area (Å²) >= 11 is 3.35. The molecule has 0 amide bonds. The molecule has 3 heteroatoms. The average Bonchev–Trinajstić information content (AvgIpc) is 2.41. The maximum Gasteiger partial charge on any atom is 0.219 e. The highest BCUT2D eigenvalue weighted by Crippen LogP contribution is 2.21. The predicted octanol–water partition coefficient (Wildman–Crippen LogP) is 4.98. The molecule has 0 aliphatic carbocycles. The molecule has 0 N–H and O–H groups in total. The lowest BCUT2D eigenvalue weighted by Gasteiger charge is -2.05. The summed E-state index contributed by atoms with van der Waals surface area (Å²) in [5.74, 6) is 1.43. The molecular formula is C15H16BrNO. The molecule has 0 saturated carbocycles. The Bertz CT molecular complexity index is 479. The second-order valence-electron chi connectivity index (χ2n) is 4.16. The summed E-state index contributed by atoms with van der Waals surface area (Å²) in [5.41, 5.74) is 1.35. The number of aryl methyl sites for hydroxylation is 1. The molecular weight excluding hydrogens is 290 g/mol. The van der Waals surface area contributed by atoms with Crippen molar-refractivity contribution in [3.8, 4) is 11.6 Å². The van der Waals surface area contributed by atoms with E-state index < -0.39 is 0 Å². The van der Waals surface area contributed by atoms with E-state index in [0.29, 0.717) is 5.88 Å². The van der Waals surface area contributed by atoms with Crippen molar-refractivity contribution in [3.63, 3.8) is 0 Å². The number of rotatable bonds is 5. The molecule has 0 unspecified atom stereocenters. The Labute approximate surface area is 116 Å². The van der Waals surface area contributed by atoms with Crippen LogP contribution in [0.2, 0.25) is 0 Å². The van der Waals surface area contributed by atoms with Crippen LogP contribution in [0.5, 0.6) is 11.6 Å². The van der Waals surface area contributed by atoms with Crippen molar-refractivity contribution in [2.24, 2.45) is 0 Å². The van der Waals surface area contributed by atoms with E-state index in [0.717, 1.165) is 16.6 Å². The molecule has 2 nitrogen and oxygen atoms in total. The molecule has 1 heterocycles. The third kappa shape index (κ3) is 3.84. The fraction of sp³-hybridized carbons (Fsp3) is 0.267. The highest BCUT2D eigenvalue weighted by molar-refractivity contribution is 9.10. The van der Waals surface area contributed by atoms with E-state index in [4.69, 9.17) is 4.74 Å². The fourth-order valence-corrected chi connectivity index (χ4v) is 1.88. The van der Waals surface area contributed by atoms with Gasteiger partial charge in [0.1, 0.15) is 5.75 Å². The number of ether oxygens (including phenoxy) is 1. The second kappa shape index (κ2) is 6.55. The van der Waals surface area contributed by atoms with Gasteiger partial charge in [-0.3, -0.25) is 0 Å². The first kappa shape index (κ1) is 13.1. The first-order valence-electron chi connectivity index (χ1n) is 6.16. The van der Waals surface area contributed by atoms with Crippen molar-refractivity contribution < 1.29 is 4.74 Å². The number of pyridine rings is 1. The van der Waals surface area contributed by atoms with Gasteiger partial charge in [0, 0.05) is 16.7 Å². The summed E-state index contributed by atoms with van der Waals surface area (Å²) in [5, 5.41) is 0. The minimum Gasteiger partial charge on any atom is -0.439 e. The molecule has 0 bridgehead atoms. The van der Waals surface area contributed by atoms with Gasteiger partial charge in [0.2, 0.25) is 5.88 Å². The highest BCUT2D eigenvalue weighted by atomic mass is 79.9. The molecule has 0 spiro atoms. The van der Waals surface area contributed by atoms with E-state index >= 15 is 0 Å². The summed E-state index contributed by atoms with van der Waals surface area (Å²) in [4.78, 5) is 4.18. The zero-order valence-corrected chi connectivity index (χ0v) is 12.0. The summed E-state index contributed by atoms with van der Waals surface area (Å²) in [6, 6.07) is 12.0. The normalized spacial score (nSPS) is 10.3. The maximum atomic E-state index is 5.66. The lowest BCUT2D eigenvalue weighted by molar-refractivity contribution is 0.462. The van der Waals surface area contributed by atoms with Crippen molar-refractivity contribution in [1.29, 1.82) is 0 Å². The van der Waals surface area contributed by atoms with Crippen LogP contribution in [0, 0.1) is 0 Å². The Morgan fingerprint density at radius 2 is 1.89 bits per heavy atom. The number of nitrogens with zero attached hydrogens (tertiary/aromatic N) is 1. The largest absolute Gasteiger partial charge is 0.439 e. The van der Waals surface area contributed by atoms with Gasteiger partial charge >= 0.3 is 0 Å². The van der Waals surface area contributed by atoms with Crippen molar-refractivity contribution in [2.75, 3.05) is 0 Å². The SMILES string of the molecule is CCCCc1ccc(Oc2ccc(Br)cn2)cc1. The van der Waals surface area contributed by atoms with Crippen molar-refractivity contribution in [1.82, 2.24) is 4.98 Å². The molecule has 1 aromatic heterocycles. The summed E-state index contributed by atoms with van der Waals surface area (Å²) < 4.78 is 6.61. The van der Waals surface area contributed by atoms with Crippen LogP contribution in [0.3, 0.4) is 0 Å². The minimum absolute atomic E-state index is 0.611. The van der Waals surface area contributed by atoms with Crippen molar-refractivity contribution in [2.45, 2.75) is 26.2 Å². The molecule has 1 aromatic carbocycles. The van der Waals surface area contributed by atoms with E-state index in [1.165, 1.54) is 18.4 Å². The van der Waals surface area contributed by atoms with Gasteiger partial charge in [-0.15, -0.1) is 0 Å². The summed E-state index contributed by atoms with van der Waals surface area (Å²) in [6.07, 6.45) is 5.31.